The van der Waals surface area contributed by atoms with Gasteiger partial charge in [-0.1, -0.05) is 11.2 Å². The number of carbonyl (C=O) groups excluding carboxylic acids is 1. The Kier molecular flexibility index (Phi) is 3.39. The van der Waals surface area contributed by atoms with Gasteiger partial charge in [-0.25, -0.2) is 4.98 Å². The van der Waals surface area contributed by atoms with Crippen molar-refractivity contribution < 1.29 is 13.7 Å². The van der Waals surface area contributed by atoms with Crippen molar-refractivity contribution in [3.8, 4) is 0 Å². The molecule has 0 aliphatic heterocycles. The summed E-state index contributed by atoms with van der Waals surface area (Å²) in [4.78, 5) is 18.8. The lowest BCUT2D eigenvalue weighted by Crippen LogP contribution is -2.26. The lowest BCUT2D eigenvalue weighted by atomic mass is 10.3. The van der Waals surface area contributed by atoms with E-state index in [1.54, 1.807) is 0 Å². The van der Waals surface area contributed by atoms with Gasteiger partial charge < -0.3 is 9.84 Å². The highest BCUT2D eigenvalue weighted by Crippen LogP contribution is 1.97. The number of hydrogen-bond acceptors (Lipinski definition) is 5. The predicted molar refractivity (Wildman–Crippen MR) is 54.5 cm³/mol. The van der Waals surface area contributed by atoms with Crippen LogP contribution in [0.25, 0.3) is 0 Å². The summed E-state index contributed by atoms with van der Waals surface area (Å²) in [5, 5.41) is 6.16. The van der Waals surface area contributed by atoms with Gasteiger partial charge in [0.15, 0.2) is 5.82 Å². The first-order chi connectivity index (χ1) is 8.25. The van der Waals surface area contributed by atoms with Crippen LogP contribution in [-0.2, 0) is 6.42 Å². The van der Waals surface area contributed by atoms with Crippen molar-refractivity contribution in [2.75, 3.05) is 6.54 Å². The topological polar surface area (TPSA) is 80.9 Å². The van der Waals surface area contributed by atoms with Crippen LogP contribution in [0.4, 0.5) is 4.39 Å². The van der Waals surface area contributed by atoms with Gasteiger partial charge in [-0.2, -0.15) is 9.37 Å². The molecule has 6 nitrogen and oxygen atoms in total. The smallest absolute Gasteiger partial charge is 0.270 e. The van der Waals surface area contributed by atoms with Crippen molar-refractivity contribution in [3.63, 3.8) is 0 Å². The molecule has 1 amide bonds. The fourth-order valence-electron chi connectivity index (χ4n) is 1.22. The normalized spacial score (nSPS) is 10.2. The summed E-state index contributed by atoms with van der Waals surface area (Å²) < 4.78 is 17.3. The molecule has 2 aromatic rings. The highest BCUT2D eigenvalue weighted by molar-refractivity contribution is 5.92. The zero-order valence-corrected chi connectivity index (χ0v) is 8.76. The lowest BCUT2D eigenvalue weighted by molar-refractivity contribution is 0.0947. The molecule has 0 bridgehead atoms. The van der Waals surface area contributed by atoms with Gasteiger partial charge in [0.05, 0.1) is 0 Å². The molecule has 0 fully saturated rings. The number of rotatable bonds is 4. The van der Waals surface area contributed by atoms with Gasteiger partial charge in [0.1, 0.15) is 5.69 Å². The van der Waals surface area contributed by atoms with Crippen LogP contribution < -0.4 is 5.32 Å². The summed E-state index contributed by atoms with van der Waals surface area (Å²) in [7, 11) is 0. The number of amides is 1. The molecule has 0 atom stereocenters. The van der Waals surface area contributed by atoms with Crippen molar-refractivity contribution in [2.24, 2.45) is 0 Å². The third-order valence-electron chi connectivity index (χ3n) is 1.99. The molecule has 7 heteroatoms. The average Bonchev–Trinajstić information content (AvgIpc) is 2.82. The van der Waals surface area contributed by atoms with Gasteiger partial charge in [0, 0.05) is 13.0 Å². The molecule has 2 heterocycles. The minimum absolute atomic E-state index is 0.0399. The van der Waals surface area contributed by atoms with E-state index in [-0.39, 0.29) is 5.69 Å². The fourth-order valence-corrected chi connectivity index (χ4v) is 1.22. The SMILES string of the molecule is O=C(NCCc1ncon1)c1cccc(F)n1. The van der Waals surface area contributed by atoms with Gasteiger partial charge in [-0.05, 0) is 12.1 Å². The molecule has 0 spiro atoms. The van der Waals surface area contributed by atoms with Crippen LogP contribution in [0, 0.1) is 5.95 Å². The van der Waals surface area contributed by atoms with Crippen molar-refractivity contribution >= 4 is 5.91 Å². The maximum atomic E-state index is 12.7. The molecule has 2 aromatic heterocycles. The molecule has 1 N–H and O–H groups in total. The van der Waals surface area contributed by atoms with Crippen LogP contribution in [0.2, 0.25) is 0 Å². The van der Waals surface area contributed by atoms with Crippen molar-refractivity contribution in [1.29, 1.82) is 0 Å². The summed E-state index contributed by atoms with van der Waals surface area (Å²) >= 11 is 0. The summed E-state index contributed by atoms with van der Waals surface area (Å²) in [6.45, 7) is 0.330. The first-order valence-electron chi connectivity index (χ1n) is 4.92. The summed E-state index contributed by atoms with van der Waals surface area (Å²) in [5.74, 6) is -0.624. The fraction of sp³-hybridized carbons (Fsp3) is 0.200. The number of pyridine rings is 1. The van der Waals surface area contributed by atoms with Gasteiger partial charge in [0.25, 0.3) is 5.91 Å². The monoisotopic (exact) mass is 236 g/mol. The molecule has 0 unspecified atom stereocenters. The van der Waals surface area contributed by atoms with Gasteiger partial charge in [-0.3, -0.25) is 4.79 Å². The Balaban J connectivity index is 1.85. The first kappa shape index (κ1) is 11.2. The van der Waals surface area contributed by atoms with E-state index in [0.717, 1.165) is 0 Å². The Morgan fingerprint density at radius 3 is 3.06 bits per heavy atom. The molecule has 0 saturated heterocycles. The Morgan fingerprint density at radius 1 is 1.47 bits per heavy atom. The predicted octanol–water partition coefficient (Wildman–Crippen LogP) is 0.576. The highest BCUT2D eigenvalue weighted by Gasteiger charge is 2.07. The minimum Gasteiger partial charge on any atom is -0.350 e. The van der Waals surface area contributed by atoms with Crippen LogP contribution in [0.3, 0.4) is 0 Å². The summed E-state index contributed by atoms with van der Waals surface area (Å²) in [6.07, 6.45) is 1.66. The van der Waals surface area contributed by atoms with E-state index >= 15 is 0 Å². The van der Waals surface area contributed by atoms with Crippen LogP contribution >= 0.6 is 0 Å². The number of hydrogen-bond donors (Lipinski definition) is 1. The Hall–Kier alpha value is -2.31. The Labute approximate surface area is 95.9 Å². The number of aromatic nitrogens is 3. The second-order valence-electron chi connectivity index (χ2n) is 3.20. The summed E-state index contributed by atoms with van der Waals surface area (Å²) in [5.41, 5.74) is 0.0399. The third kappa shape index (κ3) is 3.07. The molecule has 88 valence electrons. The molecule has 0 aliphatic rings. The Morgan fingerprint density at radius 2 is 2.35 bits per heavy atom. The van der Waals surface area contributed by atoms with Crippen LogP contribution in [0.5, 0.6) is 0 Å². The number of halogens is 1. The number of nitrogens with one attached hydrogen (secondary N) is 1. The van der Waals surface area contributed by atoms with Gasteiger partial charge in [0.2, 0.25) is 12.3 Å². The molecule has 0 aromatic carbocycles. The van der Waals surface area contributed by atoms with Gasteiger partial charge in [-0.15, -0.1) is 0 Å². The quantitative estimate of drug-likeness (QED) is 0.785. The summed E-state index contributed by atoms with van der Waals surface area (Å²) in [6, 6.07) is 4.04. The van der Waals surface area contributed by atoms with Crippen molar-refractivity contribution in [1.82, 2.24) is 20.4 Å². The second kappa shape index (κ2) is 5.15. The van der Waals surface area contributed by atoms with Crippen molar-refractivity contribution in [2.45, 2.75) is 6.42 Å². The first-order valence-corrected chi connectivity index (χ1v) is 4.92. The van der Waals surface area contributed by atoms with E-state index in [2.05, 4.69) is 25.0 Å². The molecule has 17 heavy (non-hydrogen) atoms. The zero-order valence-electron chi connectivity index (χ0n) is 8.76. The minimum atomic E-state index is -0.684. The highest BCUT2D eigenvalue weighted by atomic mass is 19.1. The largest absolute Gasteiger partial charge is 0.350 e. The average molecular weight is 236 g/mol. The third-order valence-corrected chi connectivity index (χ3v) is 1.99. The van der Waals surface area contributed by atoms with E-state index in [9.17, 15) is 9.18 Å². The molecular formula is C10H9FN4O2. The number of carbonyl (C=O) groups is 1. The van der Waals surface area contributed by atoms with Crippen LogP contribution in [-0.4, -0.2) is 27.6 Å². The molecule has 2 rings (SSSR count). The maximum Gasteiger partial charge on any atom is 0.270 e. The van der Waals surface area contributed by atoms with E-state index in [0.29, 0.717) is 18.8 Å². The lowest BCUT2D eigenvalue weighted by Gasteiger charge is -2.02. The molecule has 0 aliphatic carbocycles. The standard InChI is InChI=1S/C10H9FN4O2/c11-8-3-1-2-7(14-8)10(16)12-5-4-9-13-6-17-15-9/h1-3,6H,4-5H2,(H,12,16). The van der Waals surface area contributed by atoms with Crippen molar-refractivity contribution in [3.05, 3.63) is 42.1 Å². The number of nitrogens with zero attached hydrogens (tertiary/aromatic N) is 3. The van der Waals surface area contributed by atoms with E-state index < -0.39 is 11.9 Å². The van der Waals surface area contributed by atoms with E-state index in [1.807, 2.05) is 0 Å². The molecule has 0 saturated carbocycles. The van der Waals surface area contributed by atoms with Gasteiger partial charge >= 0.3 is 0 Å². The zero-order chi connectivity index (χ0) is 12.1. The van der Waals surface area contributed by atoms with E-state index in [1.165, 1.54) is 24.6 Å². The Bertz CT molecular complexity index is 501. The molecule has 0 radical (unpaired) electrons. The maximum absolute atomic E-state index is 12.7. The second-order valence-corrected chi connectivity index (χ2v) is 3.20. The van der Waals surface area contributed by atoms with Crippen LogP contribution in [0.15, 0.2) is 29.1 Å². The van der Waals surface area contributed by atoms with E-state index in [4.69, 9.17) is 0 Å². The molecular weight excluding hydrogens is 227 g/mol. The van der Waals surface area contributed by atoms with Crippen LogP contribution in [0.1, 0.15) is 16.3 Å².